The quantitative estimate of drug-likeness (QED) is 0.796. The molecule has 0 aliphatic carbocycles. The Bertz CT molecular complexity index is 347. The van der Waals surface area contributed by atoms with Crippen molar-refractivity contribution in [2.24, 2.45) is 0 Å². The van der Waals surface area contributed by atoms with Crippen LogP contribution in [0.1, 0.15) is 6.42 Å². The Hall–Kier alpha value is -1.13. The lowest BCUT2D eigenvalue weighted by atomic mass is 10.3. The standard InChI is InChI=1S/C13H18N3S/c17-13(15-12-6-2-1-3-7-12)14-8-11-16-9-4-5-10-16/h1-4,6-7H,5,8-11H2,(H2,14,15,17). The lowest BCUT2D eigenvalue weighted by Gasteiger charge is -2.16. The van der Waals surface area contributed by atoms with Crippen molar-refractivity contribution in [1.29, 1.82) is 0 Å². The van der Waals surface area contributed by atoms with Gasteiger partial charge in [0.1, 0.15) is 0 Å². The number of anilines is 1. The van der Waals surface area contributed by atoms with E-state index in [2.05, 4.69) is 22.0 Å². The fourth-order valence-electron chi connectivity index (χ4n) is 1.87. The van der Waals surface area contributed by atoms with Crippen molar-refractivity contribution in [3.8, 4) is 0 Å². The number of rotatable bonds is 4. The average molecular weight is 248 g/mol. The molecule has 17 heavy (non-hydrogen) atoms. The van der Waals surface area contributed by atoms with Gasteiger partial charge < -0.3 is 15.5 Å². The molecule has 1 radical (unpaired) electrons. The van der Waals surface area contributed by atoms with E-state index in [1.54, 1.807) is 0 Å². The van der Waals surface area contributed by atoms with Crippen LogP contribution >= 0.6 is 12.2 Å². The lowest BCUT2D eigenvalue weighted by Crippen LogP contribution is -2.35. The summed E-state index contributed by atoms with van der Waals surface area (Å²) >= 11 is 5.23. The molecule has 1 aliphatic heterocycles. The van der Waals surface area contributed by atoms with E-state index in [9.17, 15) is 0 Å². The van der Waals surface area contributed by atoms with Crippen LogP contribution in [-0.2, 0) is 0 Å². The minimum atomic E-state index is 0.694. The van der Waals surface area contributed by atoms with Crippen molar-refractivity contribution in [1.82, 2.24) is 10.2 Å². The maximum atomic E-state index is 5.23. The zero-order valence-corrected chi connectivity index (χ0v) is 10.7. The normalized spacial score (nSPS) is 15.8. The number of para-hydroxylation sites is 1. The Morgan fingerprint density at radius 3 is 2.82 bits per heavy atom. The van der Waals surface area contributed by atoms with Gasteiger partial charge in [0, 0.05) is 25.3 Å². The summed E-state index contributed by atoms with van der Waals surface area (Å²) in [6.45, 7) is 4.24. The highest BCUT2D eigenvalue weighted by atomic mass is 32.1. The number of nitrogens with zero attached hydrogens (tertiary/aromatic N) is 1. The molecule has 0 amide bonds. The fourth-order valence-corrected chi connectivity index (χ4v) is 2.09. The number of nitrogens with one attached hydrogen (secondary N) is 2. The van der Waals surface area contributed by atoms with Gasteiger partial charge >= 0.3 is 0 Å². The predicted molar refractivity (Wildman–Crippen MR) is 76.0 cm³/mol. The molecular formula is C13H18N3S. The molecule has 1 aromatic rings. The van der Waals surface area contributed by atoms with Crippen molar-refractivity contribution < 1.29 is 0 Å². The zero-order chi connectivity index (χ0) is 11.9. The highest BCUT2D eigenvalue weighted by Crippen LogP contribution is 2.05. The molecule has 2 rings (SSSR count). The summed E-state index contributed by atoms with van der Waals surface area (Å²) in [7, 11) is 0. The first kappa shape index (κ1) is 12.3. The second-order valence-electron chi connectivity index (χ2n) is 4.12. The van der Waals surface area contributed by atoms with Gasteiger partial charge in [-0.3, -0.25) is 0 Å². The zero-order valence-electron chi connectivity index (χ0n) is 9.86. The molecular weight excluding hydrogens is 230 g/mol. The molecule has 91 valence electrons. The Labute approximate surface area is 108 Å². The van der Waals surface area contributed by atoms with Gasteiger partial charge in [-0.15, -0.1) is 0 Å². The van der Waals surface area contributed by atoms with E-state index in [0.717, 1.165) is 25.3 Å². The largest absolute Gasteiger partial charge is 0.361 e. The van der Waals surface area contributed by atoms with E-state index in [1.807, 2.05) is 30.3 Å². The highest BCUT2D eigenvalue weighted by Gasteiger charge is 2.10. The molecule has 1 aliphatic rings. The summed E-state index contributed by atoms with van der Waals surface area (Å²) < 4.78 is 0. The van der Waals surface area contributed by atoms with Gasteiger partial charge in [-0.1, -0.05) is 18.2 Å². The van der Waals surface area contributed by atoms with Crippen molar-refractivity contribution in [2.45, 2.75) is 6.42 Å². The van der Waals surface area contributed by atoms with Crippen molar-refractivity contribution >= 4 is 23.0 Å². The Balaban J connectivity index is 1.64. The molecule has 0 saturated carbocycles. The first-order valence-electron chi connectivity index (χ1n) is 5.98. The summed E-state index contributed by atoms with van der Waals surface area (Å²) in [5.74, 6) is 0. The van der Waals surface area contributed by atoms with Gasteiger partial charge in [0.25, 0.3) is 0 Å². The molecule has 1 aromatic carbocycles. The third kappa shape index (κ3) is 4.32. The van der Waals surface area contributed by atoms with Crippen molar-refractivity contribution in [3.05, 3.63) is 36.8 Å². The lowest BCUT2D eigenvalue weighted by molar-refractivity contribution is 0.349. The summed E-state index contributed by atoms with van der Waals surface area (Å²) in [5.41, 5.74) is 1.03. The predicted octanol–water partition coefficient (Wildman–Crippen LogP) is 1.88. The van der Waals surface area contributed by atoms with Gasteiger partial charge in [-0.2, -0.15) is 0 Å². The number of likely N-dealkylation sites (tertiary alicyclic amines) is 1. The van der Waals surface area contributed by atoms with Crippen molar-refractivity contribution in [2.75, 3.05) is 31.5 Å². The molecule has 0 unspecified atom stereocenters. The maximum Gasteiger partial charge on any atom is 0.170 e. The molecule has 0 bridgehead atoms. The third-order valence-electron chi connectivity index (χ3n) is 2.78. The van der Waals surface area contributed by atoms with Gasteiger partial charge in [-0.25, -0.2) is 0 Å². The molecule has 1 saturated heterocycles. The molecule has 1 heterocycles. The molecule has 4 heteroatoms. The van der Waals surface area contributed by atoms with Crippen LogP contribution in [0.15, 0.2) is 30.3 Å². The summed E-state index contributed by atoms with van der Waals surface area (Å²) in [6, 6.07) is 9.98. The van der Waals surface area contributed by atoms with Crippen LogP contribution in [0.2, 0.25) is 0 Å². The van der Waals surface area contributed by atoms with E-state index in [4.69, 9.17) is 12.2 Å². The van der Waals surface area contributed by atoms with E-state index in [1.165, 1.54) is 13.0 Å². The third-order valence-corrected chi connectivity index (χ3v) is 3.03. The fraction of sp³-hybridized carbons (Fsp3) is 0.385. The van der Waals surface area contributed by atoms with Crippen LogP contribution in [0.3, 0.4) is 0 Å². The molecule has 0 spiro atoms. The first-order valence-corrected chi connectivity index (χ1v) is 6.39. The highest BCUT2D eigenvalue weighted by molar-refractivity contribution is 7.80. The molecule has 2 N–H and O–H groups in total. The minimum Gasteiger partial charge on any atom is -0.361 e. The second-order valence-corrected chi connectivity index (χ2v) is 4.53. The number of benzene rings is 1. The average Bonchev–Trinajstić information content (AvgIpc) is 2.83. The van der Waals surface area contributed by atoms with Gasteiger partial charge in [0.05, 0.1) is 0 Å². The molecule has 1 fully saturated rings. The Kier molecular flexibility index (Phi) is 4.76. The van der Waals surface area contributed by atoms with Crippen LogP contribution in [0.25, 0.3) is 0 Å². The summed E-state index contributed by atoms with van der Waals surface area (Å²) in [6.07, 6.45) is 3.53. The van der Waals surface area contributed by atoms with E-state index >= 15 is 0 Å². The molecule has 0 aromatic heterocycles. The Morgan fingerprint density at radius 2 is 2.12 bits per heavy atom. The monoisotopic (exact) mass is 248 g/mol. The Morgan fingerprint density at radius 1 is 1.29 bits per heavy atom. The van der Waals surface area contributed by atoms with E-state index in [0.29, 0.717) is 5.11 Å². The van der Waals surface area contributed by atoms with Crippen LogP contribution in [0.4, 0.5) is 5.69 Å². The van der Waals surface area contributed by atoms with E-state index in [-0.39, 0.29) is 0 Å². The summed E-state index contributed by atoms with van der Waals surface area (Å²) in [4.78, 5) is 2.41. The second kappa shape index (κ2) is 6.57. The number of hydrogen-bond donors (Lipinski definition) is 2. The SMILES string of the molecule is S=C(NCCN1C[CH]CC1)Nc1ccccc1. The van der Waals surface area contributed by atoms with Crippen LogP contribution in [-0.4, -0.2) is 36.2 Å². The van der Waals surface area contributed by atoms with Crippen LogP contribution in [0, 0.1) is 6.42 Å². The molecule has 3 nitrogen and oxygen atoms in total. The minimum absolute atomic E-state index is 0.694. The van der Waals surface area contributed by atoms with Crippen LogP contribution in [0.5, 0.6) is 0 Å². The number of thiocarbonyl (C=S) groups is 1. The van der Waals surface area contributed by atoms with Crippen molar-refractivity contribution in [3.63, 3.8) is 0 Å². The van der Waals surface area contributed by atoms with Gasteiger partial charge in [-0.05, 0) is 43.7 Å². The smallest absolute Gasteiger partial charge is 0.170 e. The topological polar surface area (TPSA) is 27.3 Å². The first-order chi connectivity index (χ1) is 8.34. The van der Waals surface area contributed by atoms with Gasteiger partial charge in [0.2, 0.25) is 0 Å². The van der Waals surface area contributed by atoms with Gasteiger partial charge in [0.15, 0.2) is 5.11 Å². The summed E-state index contributed by atoms with van der Waals surface area (Å²) in [5, 5.41) is 7.08. The number of hydrogen-bond acceptors (Lipinski definition) is 2. The maximum absolute atomic E-state index is 5.23. The van der Waals surface area contributed by atoms with E-state index < -0.39 is 0 Å². The van der Waals surface area contributed by atoms with Crippen LogP contribution < -0.4 is 10.6 Å². The molecule has 0 atom stereocenters.